The number of halogens is 2. The summed E-state index contributed by atoms with van der Waals surface area (Å²) >= 11 is 11.9. The number of hydrogen-bond donors (Lipinski definition) is 1. The second-order valence-electron chi connectivity index (χ2n) is 6.09. The number of ether oxygens (including phenoxy) is 1. The van der Waals surface area contributed by atoms with Gasteiger partial charge in [-0.1, -0.05) is 23.2 Å². The van der Waals surface area contributed by atoms with Crippen LogP contribution in [0, 0.1) is 21.4 Å². The van der Waals surface area contributed by atoms with E-state index in [0.29, 0.717) is 16.3 Å². The molecule has 31 heavy (non-hydrogen) atoms. The maximum atomic E-state index is 12.5. The molecule has 2 aromatic carbocycles. The number of nitriles is 1. The second-order valence-corrected chi connectivity index (χ2v) is 6.94. The topological polar surface area (TPSA) is 118 Å². The summed E-state index contributed by atoms with van der Waals surface area (Å²) in [5.74, 6) is 0.108. The highest BCUT2D eigenvalue weighted by Crippen LogP contribution is 2.35. The van der Waals surface area contributed by atoms with Gasteiger partial charge >= 0.3 is 0 Å². The van der Waals surface area contributed by atoms with E-state index in [0.717, 1.165) is 0 Å². The zero-order valence-corrected chi connectivity index (χ0v) is 17.4. The molecule has 1 heterocycles. The number of furan rings is 1. The molecule has 1 aromatic heterocycles. The maximum Gasteiger partial charge on any atom is 0.270 e. The fraction of sp³-hybridized carbons (Fsp3) is 0.0476. The van der Waals surface area contributed by atoms with Gasteiger partial charge in [0.25, 0.3) is 11.6 Å². The summed E-state index contributed by atoms with van der Waals surface area (Å²) in [6.07, 6.45) is 1.24. The van der Waals surface area contributed by atoms with Gasteiger partial charge < -0.3 is 14.5 Å². The van der Waals surface area contributed by atoms with Crippen LogP contribution in [-0.2, 0) is 4.79 Å². The third kappa shape index (κ3) is 5.04. The zero-order chi connectivity index (χ0) is 22.5. The molecule has 3 aromatic rings. The third-order valence-corrected chi connectivity index (χ3v) is 4.68. The average Bonchev–Trinajstić information content (AvgIpc) is 3.22. The molecule has 0 atom stereocenters. The smallest absolute Gasteiger partial charge is 0.270 e. The molecule has 1 N–H and O–H groups in total. The van der Waals surface area contributed by atoms with Crippen LogP contribution in [0.25, 0.3) is 17.4 Å². The number of nitro benzene ring substituents is 1. The monoisotopic (exact) mass is 457 g/mol. The Bertz CT molecular complexity index is 1240. The molecule has 10 heteroatoms. The highest BCUT2D eigenvalue weighted by atomic mass is 35.5. The van der Waals surface area contributed by atoms with Crippen LogP contribution in [0.15, 0.2) is 58.5 Å². The zero-order valence-electron chi connectivity index (χ0n) is 15.9. The van der Waals surface area contributed by atoms with Gasteiger partial charge in [-0.05, 0) is 36.4 Å². The van der Waals surface area contributed by atoms with Crippen molar-refractivity contribution >= 4 is 46.6 Å². The molecule has 0 saturated heterocycles. The molecule has 0 fully saturated rings. The summed E-state index contributed by atoms with van der Waals surface area (Å²) in [6.45, 7) is 0. The lowest BCUT2D eigenvalue weighted by molar-refractivity contribution is -0.384. The quantitative estimate of drug-likeness (QED) is 0.219. The Labute approximate surface area is 186 Å². The van der Waals surface area contributed by atoms with Crippen molar-refractivity contribution in [3.63, 3.8) is 0 Å². The van der Waals surface area contributed by atoms with E-state index in [1.807, 2.05) is 0 Å². The van der Waals surface area contributed by atoms with E-state index < -0.39 is 10.8 Å². The summed E-state index contributed by atoms with van der Waals surface area (Å²) in [4.78, 5) is 23.0. The van der Waals surface area contributed by atoms with E-state index in [-0.39, 0.29) is 33.5 Å². The molecular formula is C21H13Cl2N3O5. The number of carbonyl (C=O) groups excluding carboxylic acids is 1. The van der Waals surface area contributed by atoms with E-state index >= 15 is 0 Å². The van der Waals surface area contributed by atoms with E-state index in [4.69, 9.17) is 32.4 Å². The molecule has 0 aliphatic heterocycles. The number of nitrogens with zero attached hydrogens (tertiary/aromatic N) is 2. The third-order valence-electron chi connectivity index (χ3n) is 4.11. The lowest BCUT2D eigenvalue weighted by atomic mass is 10.1. The van der Waals surface area contributed by atoms with Crippen molar-refractivity contribution in [3.8, 4) is 23.1 Å². The van der Waals surface area contributed by atoms with Gasteiger partial charge in [0.1, 0.15) is 28.9 Å². The van der Waals surface area contributed by atoms with Crippen LogP contribution < -0.4 is 10.1 Å². The van der Waals surface area contributed by atoms with Crippen molar-refractivity contribution in [2.75, 3.05) is 12.4 Å². The second kappa shape index (κ2) is 9.34. The normalized spacial score (nSPS) is 11.0. The number of nitro groups is 1. The van der Waals surface area contributed by atoms with Crippen LogP contribution in [-0.4, -0.2) is 17.9 Å². The minimum atomic E-state index is -0.711. The maximum absolute atomic E-state index is 12.5. The predicted molar refractivity (Wildman–Crippen MR) is 116 cm³/mol. The molecule has 1 amide bonds. The van der Waals surface area contributed by atoms with Gasteiger partial charge in [0.2, 0.25) is 0 Å². The minimum Gasteiger partial charge on any atom is -0.496 e. The lowest BCUT2D eigenvalue weighted by Gasteiger charge is -2.07. The van der Waals surface area contributed by atoms with Crippen LogP contribution >= 0.6 is 23.2 Å². The molecular weight excluding hydrogens is 445 g/mol. The standard InChI is InChI=1S/C21H13Cl2N3O5/c1-30-19-6-3-14(26(28)29)10-16(19)20-7-4-15(31-20)8-12(11-24)21(27)25-18-9-13(22)2-5-17(18)23/h2-10H,1H3,(H,25,27)/b12-8+. The first-order valence-electron chi connectivity index (χ1n) is 8.63. The minimum absolute atomic E-state index is 0.139. The Morgan fingerprint density at radius 2 is 2.00 bits per heavy atom. The van der Waals surface area contributed by atoms with Crippen molar-refractivity contribution in [3.05, 3.63) is 80.0 Å². The number of rotatable bonds is 6. The highest BCUT2D eigenvalue weighted by molar-refractivity contribution is 6.36. The van der Waals surface area contributed by atoms with Crippen LogP contribution in [0.2, 0.25) is 10.0 Å². The SMILES string of the molecule is COc1ccc([N+](=O)[O-])cc1-c1ccc(/C=C(\C#N)C(=O)Nc2cc(Cl)ccc2Cl)o1. The Kier molecular flexibility index (Phi) is 6.60. The Morgan fingerprint density at radius 1 is 1.23 bits per heavy atom. The van der Waals surface area contributed by atoms with E-state index in [1.165, 1.54) is 49.6 Å². The van der Waals surface area contributed by atoms with Crippen molar-refractivity contribution < 1.29 is 18.9 Å². The molecule has 0 aliphatic rings. The summed E-state index contributed by atoms with van der Waals surface area (Å²) in [5, 5.41) is 23.6. The van der Waals surface area contributed by atoms with E-state index in [2.05, 4.69) is 5.32 Å². The van der Waals surface area contributed by atoms with E-state index in [1.54, 1.807) is 18.2 Å². The summed E-state index contributed by atoms with van der Waals surface area (Å²) in [6, 6.07) is 13.5. The van der Waals surface area contributed by atoms with Crippen molar-refractivity contribution in [2.24, 2.45) is 0 Å². The molecule has 0 unspecified atom stereocenters. The fourth-order valence-corrected chi connectivity index (χ4v) is 2.99. The van der Waals surface area contributed by atoms with Crippen molar-refractivity contribution in [1.29, 1.82) is 5.26 Å². The van der Waals surface area contributed by atoms with Crippen LogP contribution in [0.5, 0.6) is 5.75 Å². The molecule has 8 nitrogen and oxygen atoms in total. The van der Waals surface area contributed by atoms with Crippen molar-refractivity contribution in [2.45, 2.75) is 0 Å². The van der Waals surface area contributed by atoms with Gasteiger partial charge in [-0.3, -0.25) is 14.9 Å². The first-order valence-corrected chi connectivity index (χ1v) is 9.39. The average molecular weight is 458 g/mol. The summed E-state index contributed by atoms with van der Waals surface area (Å²) < 4.78 is 10.9. The van der Waals surface area contributed by atoms with Crippen molar-refractivity contribution in [1.82, 2.24) is 0 Å². The molecule has 156 valence electrons. The first kappa shape index (κ1) is 21.9. The van der Waals surface area contributed by atoms with Gasteiger partial charge in [-0.15, -0.1) is 0 Å². The number of methoxy groups -OCH3 is 1. The Morgan fingerprint density at radius 3 is 2.68 bits per heavy atom. The number of carbonyl (C=O) groups is 1. The molecule has 3 rings (SSSR count). The number of non-ortho nitro benzene ring substituents is 1. The number of nitrogens with one attached hydrogen (secondary N) is 1. The first-order chi connectivity index (χ1) is 14.8. The fourth-order valence-electron chi connectivity index (χ4n) is 2.65. The number of hydrogen-bond acceptors (Lipinski definition) is 6. The van der Waals surface area contributed by atoms with Crippen LogP contribution in [0.3, 0.4) is 0 Å². The van der Waals surface area contributed by atoms with Gasteiger partial charge in [-0.25, -0.2) is 0 Å². The largest absolute Gasteiger partial charge is 0.496 e. The van der Waals surface area contributed by atoms with Gasteiger partial charge in [-0.2, -0.15) is 5.26 Å². The van der Waals surface area contributed by atoms with Gasteiger partial charge in [0.15, 0.2) is 0 Å². The molecule has 0 saturated carbocycles. The summed E-state index contributed by atoms with van der Waals surface area (Å²) in [5.41, 5.74) is 0.217. The van der Waals surface area contributed by atoms with Gasteiger partial charge in [0, 0.05) is 23.2 Å². The molecule has 0 bridgehead atoms. The Hall–Kier alpha value is -3.80. The lowest BCUT2D eigenvalue weighted by Crippen LogP contribution is -2.13. The van der Waals surface area contributed by atoms with Crippen LogP contribution in [0.4, 0.5) is 11.4 Å². The highest BCUT2D eigenvalue weighted by Gasteiger charge is 2.17. The number of benzene rings is 2. The molecule has 0 radical (unpaired) electrons. The predicted octanol–water partition coefficient (Wildman–Crippen LogP) is 5.72. The molecule has 0 spiro atoms. The summed E-state index contributed by atoms with van der Waals surface area (Å²) in [7, 11) is 1.42. The van der Waals surface area contributed by atoms with E-state index in [9.17, 15) is 20.2 Å². The van der Waals surface area contributed by atoms with Crippen LogP contribution in [0.1, 0.15) is 5.76 Å². The number of anilines is 1. The molecule has 0 aliphatic carbocycles. The Balaban J connectivity index is 1.90. The van der Waals surface area contributed by atoms with Gasteiger partial charge in [0.05, 0.1) is 28.3 Å². The number of amides is 1.